The summed E-state index contributed by atoms with van der Waals surface area (Å²) in [5, 5.41) is 2.07. The number of hydrogen-bond acceptors (Lipinski definition) is 3. The summed E-state index contributed by atoms with van der Waals surface area (Å²) in [4.78, 5) is 1.22. The molecule has 3 heteroatoms. The van der Waals surface area contributed by atoms with Crippen molar-refractivity contribution in [2.75, 3.05) is 6.61 Å². The Kier molecular flexibility index (Phi) is 5.58. The van der Waals surface area contributed by atoms with E-state index in [1.54, 1.807) is 11.3 Å². The third kappa shape index (κ3) is 4.46. The minimum Gasteiger partial charge on any atom is -0.371 e. The third-order valence-electron chi connectivity index (χ3n) is 3.05. The van der Waals surface area contributed by atoms with Crippen molar-refractivity contribution in [2.24, 2.45) is 5.73 Å². The van der Waals surface area contributed by atoms with Crippen LogP contribution in [0.15, 0.2) is 47.8 Å². The minimum atomic E-state index is 0.0235. The number of benzene rings is 1. The van der Waals surface area contributed by atoms with E-state index in [-0.39, 0.29) is 12.1 Å². The van der Waals surface area contributed by atoms with Crippen LogP contribution in [0.1, 0.15) is 29.9 Å². The second-order valence-corrected chi connectivity index (χ2v) is 5.73. The summed E-state index contributed by atoms with van der Waals surface area (Å²) in [5.41, 5.74) is 7.36. The van der Waals surface area contributed by atoms with Crippen molar-refractivity contribution in [1.82, 2.24) is 0 Å². The van der Waals surface area contributed by atoms with Crippen LogP contribution >= 0.6 is 11.3 Å². The molecular formula is C16H21NOS. The highest BCUT2D eigenvalue weighted by molar-refractivity contribution is 7.10. The number of thiophene rings is 1. The third-order valence-corrected chi connectivity index (χ3v) is 3.98. The molecule has 2 nitrogen and oxygen atoms in total. The van der Waals surface area contributed by atoms with Gasteiger partial charge in [0.05, 0.1) is 0 Å². The van der Waals surface area contributed by atoms with E-state index >= 15 is 0 Å². The van der Waals surface area contributed by atoms with Crippen molar-refractivity contribution >= 4 is 11.3 Å². The largest absolute Gasteiger partial charge is 0.371 e. The first-order chi connectivity index (χ1) is 9.27. The SMILES string of the molecule is CC(N)C(OCCCc1ccccc1)c1cccs1. The van der Waals surface area contributed by atoms with Crippen LogP contribution in [0.5, 0.6) is 0 Å². The molecule has 1 aromatic heterocycles. The molecule has 19 heavy (non-hydrogen) atoms. The average molecular weight is 275 g/mol. The lowest BCUT2D eigenvalue weighted by molar-refractivity contribution is 0.0394. The summed E-state index contributed by atoms with van der Waals surface area (Å²) < 4.78 is 5.96. The molecule has 1 heterocycles. The number of rotatable bonds is 7. The van der Waals surface area contributed by atoms with Crippen molar-refractivity contribution in [1.29, 1.82) is 0 Å². The first-order valence-corrected chi connectivity index (χ1v) is 7.60. The fourth-order valence-corrected chi connectivity index (χ4v) is 2.97. The Balaban J connectivity index is 1.77. The van der Waals surface area contributed by atoms with Crippen molar-refractivity contribution in [3.05, 3.63) is 58.3 Å². The van der Waals surface area contributed by atoms with Gasteiger partial charge in [-0.05, 0) is 36.8 Å². The molecule has 0 radical (unpaired) electrons. The van der Waals surface area contributed by atoms with Gasteiger partial charge in [-0.15, -0.1) is 11.3 Å². The van der Waals surface area contributed by atoms with Crippen LogP contribution in [0.2, 0.25) is 0 Å². The maximum atomic E-state index is 6.00. The van der Waals surface area contributed by atoms with Gasteiger partial charge in [0, 0.05) is 17.5 Å². The van der Waals surface area contributed by atoms with Crippen LogP contribution < -0.4 is 5.73 Å². The molecule has 0 spiro atoms. The van der Waals surface area contributed by atoms with Gasteiger partial charge >= 0.3 is 0 Å². The molecule has 0 saturated heterocycles. The monoisotopic (exact) mass is 275 g/mol. The van der Waals surface area contributed by atoms with Crippen molar-refractivity contribution in [3.63, 3.8) is 0 Å². The highest BCUT2D eigenvalue weighted by atomic mass is 32.1. The van der Waals surface area contributed by atoms with Crippen LogP contribution in [0.3, 0.4) is 0 Å². The quantitative estimate of drug-likeness (QED) is 0.780. The van der Waals surface area contributed by atoms with Crippen molar-refractivity contribution in [2.45, 2.75) is 31.9 Å². The highest BCUT2D eigenvalue weighted by Crippen LogP contribution is 2.25. The van der Waals surface area contributed by atoms with Crippen LogP contribution in [0.25, 0.3) is 0 Å². The zero-order valence-electron chi connectivity index (χ0n) is 11.3. The molecule has 0 saturated carbocycles. The molecule has 0 bridgehead atoms. The van der Waals surface area contributed by atoms with Gasteiger partial charge in [-0.25, -0.2) is 0 Å². The molecular weight excluding hydrogens is 254 g/mol. The van der Waals surface area contributed by atoms with Crippen LogP contribution in [0, 0.1) is 0 Å². The molecule has 102 valence electrons. The van der Waals surface area contributed by atoms with E-state index in [9.17, 15) is 0 Å². The van der Waals surface area contributed by atoms with Crippen LogP contribution in [-0.2, 0) is 11.2 Å². The van der Waals surface area contributed by atoms with Gasteiger partial charge in [0.2, 0.25) is 0 Å². The topological polar surface area (TPSA) is 35.2 Å². The van der Waals surface area contributed by atoms with Gasteiger partial charge in [-0.1, -0.05) is 36.4 Å². The van der Waals surface area contributed by atoms with Gasteiger partial charge in [0.25, 0.3) is 0 Å². The summed E-state index contributed by atoms with van der Waals surface area (Å²) >= 11 is 1.71. The van der Waals surface area contributed by atoms with Gasteiger partial charge < -0.3 is 10.5 Å². The highest BCUT2D eigenvalue weighted by Gasteiger charge is 2.17. The van der Waals surface area contributed by atoms with Gasteiger partial charge in [-0.3, -0.25) is 0 Å². The van der Waals surface area contributed by atoms with E-state index in [1.807, 2.05) is 19.1 Å². The second kappa shape index (κ2) is 7.43. The predicted molar refractivity (Wildman–Crippen MR) is 81.4 cm³/mol. The van der Waals surface area contributed by atoms with Crippen molar-refractivity contribution < 1.29 is 4.74 Å². The lowest BCUT2D eigenvalue weighted by Gasteiger charge is -2.20. The Morgan fingerprint density at radius 1 is 1.16 bits per heavy atom. The summed E-state index contributed by atoms with van der Waals surface area (Å²) in [6, 6.07) is 14.7. The number of nitrogens with two attached hydrogens (primary N) is 1. The molecule has 2 unspecified atom stereocenters. The maximum Gasteiger partial charge on any atom is 0.106 e. The normalized spacial score (nSPS) is 14.2. The van der Waals surface area contributed by atoms with E-state index in [4.69, 9.17) is 10.5 Å². The molecule has 0 aliphatic carbocycles. The predicted octanol–water partition coefficient (Wildman–Crippen LogP) is 3.79. The summed E-state index contributed by atoms with van der Waals surface area (Å²) in [5.74, 6) is 0. The lowest BCUT2D eigenvalue weighted by atomic mass is 10.1. The molecule has 2 rings (SSSR count). The number of hydrogen-bond donors (Lipinski definition) is 1. The molecule has 0 aliphatic heterocycles. The number of ether oxygens (including phenoxy) is 1. The Morgan fingerprint density at radius 3 is 2.58 bits per heavy atom. The summed E-state index contributed by atoms with van der Waals surface area (Å²) in [6.45, 7) is 2.75. The zero-order valence-corrected chi connectivity index (χ0v) is 12.1. The molecule has 2 atom stereocenters. The smallest absolute Gasteiger partial charge is 0.106 e. The van der Waals surface area contributed by atoms with Gasteiger partial charge in [0.15, 0.2) is 0 Å². The lowest BCUT2D eigenvalue weighted by Crippen LogP contribution is -2.26. The van der Waals surface area contributed by atoms with E-state index in [0.29, 0.717) is 0 Å². The van der Waals surface area contributed by atoms with Gasteiger partial charge in [-0.2, -0.15) is 0 Å². The molecule has 0 aliphatic rings. The van der Waals surface area contributed by atoms with E-state index in [2.05, 4.69) is 35.7 Å². The Labute approximate surface area is 119 Å². The standard InChI is InChI=1S/C16H21NOS/c1-13(17)16(15-10-6-12-19-15)18-11-5-9-14-7-3-2-4-8-14/h2-4,6-8,10,12-13,16H,5,9,11,17H2,1H3. The first-order valence-electron chi connectivity index (χ1n) is 6.72. The van der Waals surface area contributed by atoms with E-state index in [0.717, 1.165) is 19.4 Å². The molecule has 1 aromatic carbocycles. The minimum absolute atomic E-state index is 0.0235. The van der Waals surface area contributed by atoms with E-state index < -0.39 is 0 Å². The maximum absolute atomic E-state index is 6.00. The molecule has 2 N–H and O–H groups in total. The van der Waals surface area contributed by atoms with Gasteiger partial charge in [0.1, 0.15) is 6.10 Å². The van der Waals surface area contributed by atoms with E-state index in [1.165, 1.54) is 10.4 Å². The number of aryl methyl sites for hydroxylation is 1. The fourth-order valence-electron chi connectivity index (χ4n) is 2.08. The van der Waals surface area contributed by atoms with Crippen LogP contribution in [0.4, 0.5) is 0 Å². The summed E-state index contributed by atoms with van der Waals surface area (Å²) in [7, 11) is 0. The molecule has 0 amide bonds. The Bertz CT molecular complexity index is 453. The Hall–Kier alpha value is -1.16. The molecule has 2 aromatic rings. The fraction of sp³-hybridized carbons (Fsp3) is 0.375. The summed E-state index contributed by atoms with van der Waals surface area (Å²) in [6.07, 6.45) is 2.10. The van der Waals surface area contributed by atoms with Crippen LogP contribution in [-0.4, -0.2) is 12.6 Å². The average Bonchev–Trinajstić information content (AvgIpc) is 2.93. The first kappa shape index (κ1) is 14.3. The van der Waals surface area contributed by atoms with Crippen molar-refractivity contribution in [3.8, 4) is 0 Å². The Morgan fingerprint density at radius 2 is 1.95 bits per heavy atom. The second-order valence-electron chi connectivity index (χ2n) is 4.76. The zero-order chi connectivity index (χ0) is 13.5. The molecule has 0 fully saturated rings.